The summed E-state index contributed by atoms with van der Waals surface area (Å²) in [6.07, 6.45) is 14.9. The monoisotopic (exact) mass is 494 g/mol. The Morgan fingerprint density at radius 1 is 1.06 bits per heavy atom. The minimum atomic E-state index is -0.278. The molecule has 3 aliphatic rings. The van der Waals surface area contributed by atoms with Gasteiger partial charge in [-0.2, -0.15) is 0 Å². The number of amides is 1. The van der Waals surface area contributed by atoms with Gasteiger partial charge >= 0.3 is 0 Å². The molecule has 36 heavy (non-hydrogen) atoms. The molecule has 200 valence electrons. The number of nitrogens with zero attached hydrogens (tertiary/aromatic N) is 2. The van der Waals surface area contributed by atoms with Crippen LogP contribution in [-0.2, 0) is 10.2 Å². The molecule has 4 nitrogen and oxygen atoms in total. The summed E-state index contributed by atoms with van der Waals surface area (Å²) in [5, 5.41) is 11.2. The highest BCUT2D eigenvalue weighted by Gasteiger charge is 2.32. The molecular weight excluding hydrogens is 444 g/mol. The molecule has 1 aromatic rings. The van der Waals surface area contributed by atoms with Gasteiger partial charge in [0.05, 0.1) is 6.04 Å². The van der Waals surface area contributed by atoms with Gasteiger partial charge in [0.1, 0.15) is 5.76 Å². The van der Waals surface area contributed by atoms with Crippen molar-refractivity contribution in [3.8, 4) is 0 Å². The summed E-state index contributed by atoms with van der Waals surface area (Å²) in [6.45, 7) is 12.7. The molecular formula is C32H50N2O2. The lowest BCUT2D eigenvalue weighted by molar-refractivity contribution is -0.107. The van der Waals surface area contributed by atoms with Crippen molar-refractivity contribution in [2.75, 3.05) is 24.5 Å². The lowest BCUT2D eigenvalue weighted by Gasteiger charge is -2.37. The lowest BCUT2D eigenvalue weighted by Crippen LogP contribution is -2.42. The number of allylic oxidation sites excluding steroid dienone is 1. The minimum Gasteiger partial charge on any atom is -0.510 e. The normalized spacial score (nSPS) is 25.2. The molecule has 2 saturated carbocycles. The standard InChI is InChI=1S/C32H50N2O2/c1-25-9-6-21-33(23-25)22-16-29(30(36)26-10-5-11-26)34(24-35)28-14-12-27(13-15-28)32(4)19-7-17-31(2,3)18-8-20-32/h12-15,24-25,29,36H,5-11,16-23H2,1-4H3. The number of anilines is 1. The van der Waals surface area contributed by atoms with Crippen LogP contribution < -0.4 is 4.90 Å². The van der Waals surface area contributed by atoms with Crippen LogP contribution in [0.1, 0.15) is 110 Å². The van der Waals surface area contributed by atoms with E-state index in [0.29, 0.717) is 11.2 Å². The van der Waals surface area contributed by atoms with Gasteiger partial charge in [-0.1, -0.05) is 52.7 Å². The summed E-state index contributed by atoms with van der Waals surface area (Å²) in [5.41, 5.74) is 4.08. The van der Waals surface area contributed by atoms with Crippen LogP contribution in [0.5, 0.6) is 0 Å². The van der Waals surface area contributed by atoms with E-state index in [2.05, 4.69) is 56.9 Å². The second-order valence-corrected chi connectivity index (χ2v) is 13.2. The molecule has 0 bridgehead atoms. The highest BCUT2D eigenvalue weighted by Crippen LogP contribution is 2.42. The smallest absolute Gasteiger partial charge is 0.214 e. The van der Waals surface area contributed by atoms with Crippen LogP contribution in [0.15, 0.2) is 35.6 Å². The molecule has 3 fully saturated rings. The van der Waals surface area contributed by atoms with Crippen molar-refractivity contribution < 1.29 is 9.90 Å². The van der Waals surface area contributed by atoms with E-state index >= 15 is 0 Å². The van der Waals surface area contributed by atoms with Crippen molar-refractivity contribution in [1.29, 1.82) is 0 Å². The fourth-order valence-corrected chi connectivity index (χ4v) is 6.85. The average molecular weight is 495 g/mol. The second kappa shape index (κ2) is 11.7. The Kier molecular flexibility index (Phi) is 8.86. The number of piperidine rings is 1. The van der Waals surface area contributed by atoms with Crippen LogP contribution in [-0.4, -0.2) is 42.1 Å². The summed E-state index contributed by atoms with van der Waals surface area (Å²) in [6, 6.07) is 8.45. The lowest BCUT2D eigenvalue weighted by atomic mass is 9.68. The molecule has 1 heterocycles. The number of carbonyl (C=O) groups excluding carboxylic acids is 1. The molecule has 1 aliphatic heterocycles. The van der Waals surface area contributed by atoms with Gasteiger partial charge in [0.15, 0.2) is 0 Å². The van der Waals surface area contributed by atoms with E-state index in [0.717, 1.165) is 68.9 Å². The third kappa shape index (κ3) is 6.54. The van der Waals surface area contributed by atoms with E-state index in [1.807, 2.05) is 0 Å². The van der Waals surface area contributed by atoms with Gasteiger partial charge < -0.3 is 14.9 Å². The molecule has 2 unspecified atom stereocenters. The third-order valence-electron chi connectivity index (χ3n) is 9.57. The summed E-state index contributed by atoms with van der Waals surface area (Å²) in [4.78, 5) is 16.8. The van der Waals surface area contributed by atoms with Crippen LogP contribution in [0, 0.1) is 11.3 Å². The van der Waals surface area contributed by atoms with Crippen molar-refractivity contribution in [2.45, 2.75) is 116 Å². The molecule has 2 atom stereocenters. The number of aliphatic hydroxyl groups is 1. The summed E-state index contributed by atoms with van der Waals surface area (Å²) in [7, 11) is 0. The molecule has 0 aromatic heterocycles. The Balaban J connectivity index is 1.50. The van der Waals surface area contributed by atoms with E-state index in [1.54, 1.807) is 4.90 Å². The maximum Gasteiger partial charge on any atom is 0.214 e. The molecule has 2 aliphatic carbocycles. The topological polar surface area (TPSA) is 43.8 Å². The van der Waals surface area contributed by atoms with E-state index in [9.17, 15) is 9.90 Å². The Morgan fingerprint density at radius 2 is 1.72 bits per heavy atom. The first-order valence-corrected chi connectivity index (χ1v) is 14.7. The first kappa shape index (κ1) is 27.2. The van der Waals surface area contributed by atoms with Crippen LogP contribution in [0.25, 0.3) is 0 Å². The summed E-state index contributed by atoms with van der Waals surface area (Å²) >= 11 is 0. The molecule has 4 heteroatoms. The summed E-state index contributed by atoms with van der Waals surface area (Å²) in [5.74, 6) is 1.17. The van der Waals surface area contributed by atoms with Gasteiger partial charge in [-0.3, -0.25) is 4.79 Å². The van der Waals surface area contributed by atoms with Crippen LogP contribution in [0.4, 0.5) is 5.69 Å². The van der Waals surface area contributed by atoms with Gasteiger partial charge in [0.2, 0.25) is 6.41 Å². The fraction of sp³-hybridized carbons (Fsp3) is 0.719. The van der Waals surface area contributed by atoms with Gasteiger partial charge in [0.25, 0.3) is 0 Å². The predicted molar refractivity (Wildman–Crippen MR) is 151 cm³/mol. The molecule has 1 saturated heterocycles. The number of likely N-dealkylation sites (tertiary alicyclic amines) is 1. The van der Waals surface area contributed by atoms with Crippen molar-refractivity contribution in [3.05, 3.63) is 41.2 Å². The predicted octanol–water partition coefficient (Wildman–Crippen LogP) is 7.77. The molecule has 1 N–H and O–H groups in total. The van der Waals surface area contributed by atoms with E-state index in [4.69, 9.17) is 0 Å². The summed E-state index contributed by atoms with van der Waals surface area (Å²) < 4.78 is 0. The maximum absolute atomic E-state index is 12.5. The quantitative estimate of drug-likeness (QED) is 0.296. The van der Waals surface area contributed by atoms with E-state index in [-0.39, 0.29) is 11.5 Å². The van der Waals surface area contributed by atoms with Crippen LogP contribution in [0.2, 0.25) is 0 Å². The van der Waals surface area contributed by atoms with Gasteiger partial charge in [0, 0.05) is 18.8 Å². The third-order valence-corrected chi connectivity index (χ3v) is 9.57. The zero-order valence-corrected chi connectivity index (χ0v) is 23.4. The van der Waals surface area contributed by atoms with Crippen LogP contribution >= 0.6 is 0 Å². The van der Waals surface area contributed by atoms with E-state index in [1.165, 1.54) is 56.9 Å². The SMILES string of the molecule is CC1CCCN(CCC(C(O)=C2CCC2)N(C=O)c2ccc(C3(C)CCCC(C)(C)CCC3)cc2)C1. The first-order chi connectivity index (χ1) is 17.2. The Labute approximate surface area is 220 Å². The molecule has 0 radical (unpaired) electrons. The highest BCUT2D eigenvalue weighted by atomic mass is 16.3. The highest BCUT2D eigenvalue weighted by molar-refractivity contribution is 5.77. The van der Waals surface area contributed by atoms with Gasteiger partial charge in [-0.15, -0.1) is 0 Å². The number of benzene rings is 1. The number of carbonyl (C=O) groups is 1. The van der Waals surface area contributed by atoms with E-state index < -0.39 is 0 Å². The van der Waals surface area contributed by atoms with Crippen LogP contribution in [0.3, 0.4) is 0 Å². The zero-order valence-electron chi connectivity index (χ0n) is 23.4. The van der Waals surface area contributed by atoms with Crippen molar-refractivity contribution in [1.82, 2.24) is 4.90 Å². The molecule has 1 aromatic carbocycles. The largest absolute Gasteiger partial charge is 0.510 e. The molecule has 4 rings (SSSR count). The number of hydrogen-bond donors (Lipinski definition) is 1. The Bertz CT molecular complexity index is 885. The molecule has 1 amide bonds. The van der Waals surface area contributed by atoms with Crippen molar-refractivity contribution in [3.63, 3.8) is 0 Å². The number of hydrogen-bond acceptors (Lipinski definition) is 3. The van der Waals surface area contributed by atoms with Crippen molar-refractivity contribution in [2.24, 2.45) is 11.3 Å². The van der Waals surface area contributed by atoms with Crippen molar-refractivity contribution >= 4 is 12.1 Å². The zero-order chi connectivity index (χ0) is 25.8. The second-order valence-electron chi connectivity index (χ2n) is 13.2. The number of aliphatic hydroxyl groups excluding tert-OH is 1. The van der Waals surface area contributed by atoms with Gasteiger partial charge in [-0.25, -0.2) is 0 Å². The fourth-order valence-electron chi connectivity index (χ4n) is 6.85. The number of rotatable bonds is 8. The minimum absolute atomic E-state index is 0.196. The first-order valence-electron chi connectivity index (χ1n) is 14.7. The Morgan fingerprint density at radius 3 is 2.28 bits per heavy atom. The average Bonchev–Trinajstić information content (AvgIpc) is 2.79. The Hall–Kier alpha value is -1.81. The van der Waals surface area contributed by atoms with Gasteiger partial charge in [-0.05, 0) is 111 Å². The maximum atomic E-state index is 12.5. The molecule has 0 spiro atoms.